The molecule has 2 amide bonds. The van der Waals surface area contributed by atoms with Crippen LogP contribution in [0.5, 0.6) is 0 Å². The van der Waals surface area contributed by atoms with Gasteiger partial charge in [0.1, 0.15) is 5.25 Å². The Labute approximate surface area is 134 Å². The first-order valence-corrected chi connectivity index (χ1v) is 7.65. The van der Waals surface area contributed by atoms with E-state index >= 15 is 0 Å². The molecule has 0 aliphatic carbocycles. The third-order valence-corrected chi connectivity index (χ3v) is 3.90. The lowest BCUT2D eigenvalue weighted by Crippen LogP contribution is -2.39. The number of amides is 2. The molecular formula is C15H20N2O4S. The molecule has 0 bridgehead atoms. The molecule has 1 aromatic carbocycles. The van der Waals surface area contributed by atoms with Gasteiger partial charge < -0.3 is 15.0 Å². The summed E-state index contributed by atoms with van der Waals surface area (Å²) in [6, 6.07) is 9.47. The molecule has 0 heterocycles. The van der Waals surface area contributed by atoms with E-state index in [0.717, 1.165) is 4.90 Å². The van der Waals surface area contributed by atoms with Gasteiger partial charge in [-0.1, -0.05) is 18.2 Å². The summed E-state index contributed by atoms with van der Waals surface area (Å²) >= 11 is 1.36. The van der Waals surface area contributed by atoms with E-state index < -0.39 is 17.1 Å². The topological polar surface area (TPSA) is 75.7 Å². The average Bonchev–Trinajstić information content (AvgIpc) is 2.52. The van der Waals surface area contributed by atoms with Gasteiger partial charge in [-0.05, 0) is 19.1 Å². The van der Waals surface area contributed by atoms with Gasteiger partial charge in [-0.25, -0.2) is 0 Å². The molecule has 120 valence electrons. The van der Waals surface area contributed by atoms with Crippen molar-refractivity contribution in [2.75, 3.05) is 27.2 Å². The molecule has 0 aliphatic heterocycles. The van der Waals surface area contributed by atoms with Gasteiger partial charge in [0.05, 0.1) is 6.54 Å². The molecule has 0 fully saturated rings. The third kappa shape index (κ3) is 6.17. The van der Waals surface area contributed by atoms with Gasteiger partial charge in [0.25, 0.3) is 5.91 Å². The molecular weight excluding hydrogens is 304 g/mol. The fourth-order valence-corrected chi connectivity index (χ4v) is 2.38. The van der Waals surface area contributed by atoms with E-state index in [4.69, 9.17) is 4.74 Å². The van der Waals surface area contributed by atoms with Crippen molar-refractivity contribution in [3.63, 3.8) is 0 Å². The number of thioether (sulfide) groups is 1. The van der Waals surface area contributed by atoms with E-state index in [9.17, 15) is 14.4 Å². The van der Waals surface area contributed by atoms with Crippen molar-refractivity contribution in [3.05, 3.63) is 30.3 Å². The maximum atomic E-state index is 11.9. The van der Waals surface area contributed by atoms with E-state index in [1.165, 1.54) is 30.8 Å². The summed E-state index contributed by atoms with van der Waals surface area (Å²) in [5.41, 5.74) is 0. The lowest BCUT2D eigenvalue weighted by Gasteiger charge is -2.17. The second-order valence-corrected chi connectivity index (χ2v) is 6.02. The minimum Gasteiger partial charge on any atom is -0.455 e. The molecule has 0 spiro atoms. The van der Waals surface area contributed by atoms with Crippen molar-refractivity contribution in [1.29, 1.82) is 0 Å². The summed E-state index contributed by atoms with van der Waals surface area (Å²) in [5.74, 6) is -1.17. The smallest absolute Gasteiger partial charge is 0.319 e. The number of esters is 1. The lowest BCUT2D eigenvalue weighted by atomic mass is 10.4. The van der Waals surface area contributed by atoms with Gasteiger partial charge in [-0.15, -0.1) is 11.8 Å². The van der Waals surface area contributed by atoms with E-state index in [-0.39, 0.29) is 19.1 Å². The maximum absolute atomic E-state index is 11.9. The highest BCUT2D eigenvalue weighted by Gasteiger charge is 2.19. The Kier molecular flexibility index (Phi) is 7.45. The van der Waals surface area contributed by atoms with E-state index in [1.54, 1.807) is 6.92 Å². The molecule has 1 aromatic rings. The van der Waals surface area contributed by atoms with E-state index in [1.807, 2.05) is 30.3 Å². The third-order valence-electron chi connectivity index (χ3n) is 2.81. The number of ether oxygens (including phenoxy) is 1. The van der Waals surface area contributed by atoms with Crippen molar-refractivity contribution in [3.8, 4) is 0 Å². The molecule has 0 aliphatic rings. The molecule has 0 unspecified atom stereocenters. The van der Waals surface area contributed by atoms with Gasteiger partial charge in [0.2, 0.25) is 5.91 Å². The van der Waals surface area contributed by atoms with Crippen LogP contribution in [-0.4, -0.2) is 55.2 Å². The number of hydrogen-bond donors (Lipinski definition) is 1. The zero-order valence-corrected chi connectivity index (χ0v) is 13.7. The number of carbonyl (C=O) groups excluding carboxylic acids is 3. The van der Waals surface area contributed by atoms with E-state index in [2.05, 4.69) is 5.32 Å². The predicted octanol–water partition coefficient (Wildman–Crippen LogP) is 0.915. The van der Waals surface area contributed by atoms with Crippen molar-refractivity contribution >= 4 is 29.5 Å². The number of nitrogens with one attached hydrogen (secondary N) is 1. The Hall–Kier alpha value is -2.02. The maximum Gasteiger partial charge on any atom is 0.319 e. The first-order chi connectivity index (χ1) is 10.4. The Morgan fingerprint density at radius 3 is 2.50 bits per heavy atom. The first-order valence-electron chi connectivity index (χ1n) is 6.77. The summed E-state index contributed by atoms with van der Waals surface area (Å²) in [6.45, 7) is 1.28. The number of nitrogens with zero attached hydrogens (tertiary/aromatic N) is 1. The van der Waals surface area contributed by atoms with Crippen LogP contribution >= 0.6 is 11.8 Å². The Bertz CT molecular complexity index is 522. The molecule has 6 nitrogen and oxygen atoms in total. The van der Waals surface area contributed by atoms with Crippen LogP contribution < -0.4 is 5.32 Å². The molecule has 1 N–H and O–H groups in total. The molecule has 0 radical (unpaired) electrons. The molecule has 22 heavy (non-hydrogen) atoms. The van der Waals surface area contributed by atoms with Gasteiger partial charge in [0, 0.05) is 19.0 Å². The molecule has 7 heteroatoms. The summed E-state index contributed by atoms with van der Waals surface area (Å²) in [4.78, 5) is 36.9. The average molecular weight is 324 g/mol. The minimum atomic E-state index is -0.462. The number of carbonyl (C=O) groups is 3. The zero-order valence-electron chi connectivity index (χ0n) is 12.9. The Morgan fingerprint density at radius 2 is 1.91 bits per heavy atom. The SMILES string of the molecule is CNC(=O)CN(C)C(=O)COC(=O)[C@@H](C)Sc1ccccc1. The summed E-state index contributed by atoms with van der Waals surface area (Å²) in [5, 5.41) is 2.00. The van der Waals surface area contributed by atoms with Crippen LogP contribution in [0.2, 0.25) is 0 Å². The first kappa shape index (κ1) is 18.0. The highest BCUT2D eigenvalue weighted by Crippen LogP contribution is 2.23. The summed E-state index contributed by atoms with van der Waals surface area (Å²) < 4.78 is 4.99. The summed E-state index contributed by atoms with van der Waals surface area (Å²) in [7, 11) is 2.97. The molecule has 0 aromatic heterocycles. The number of hydrogen-bond acceptors (Lipinski definition) is 5. The molecule has 1 atom stereocenters. The highest BCUT2D eigenvalue weighted by molar-refractivity contribution is 8.00. The van der Waals surface area contributed by atoms with Crippen molar-refractivity contribution in [2.24, 2.45) is 0 Å². The van der Waals surface area contributed by atoms with Gasteiger partial charge >= 0.3 is 5.97 Å². The number of rotatable bonds is 7. The Balaban J connectivity index is 2.38. The van der Waals surface area contributed by atoms with Crippen LogP contribution in [-0.2, 0) is 19.1 Å². The van der Waals surface area contributed by atoms with Crippen LogP contribution in [0.3, 0.4) is 0 Å². The van der Waals surface area contributed by atoms with Crippen molar-refractivity contribution in [2.45, 2.75) is 17.1 Å². The van der Waals surface area contributed by atoms with Crippen LogP contribution in [0.15, 0.2) is 35.2 Å². The molecule has 0 saturated heterocycles. The van der Waals surface area contributed by atoms with Gasteiger partial charge in [-0.2, -0.15) is 0 Å². The standard InChI is InChI=1S/C15H20N2O4S/c1-11(22-12-7-5-4-6-8-12)15(20)21-10-14(19)17(3)9-13(18)16-2/h4-8,11H,9-10H2,1-3H3,(H,16,18)/t11-/m1/s1. The predicted molar refractivity (Wildman–Crippen MR) is 84.4 cm³/mol. The van der Waals surface area contributed by atoms with Gasteiger partial charge in [-0.3, -0.25) is 14.4 Å². The quantitative estimate of drug-likeness (QED) is 0.596. The van der Waals surface area contributed by atoms with E-state index in [0.29, 0.717) is 0 Å². The van der Waals surface area contributed by atoms with Crippen LogP contribution in [0.4, 0.5) is 0 Å². The fraction of sp³-hybridized carbons (Fsp3) is 0.400. The largest absolute Gasteiger partial charge is 0.455 e. The van der Waals surface area contributed by atoms with Crippen LogP contribution in [0.25, 0.3) is 0 Å². The monoisotopic (exact) mass is 324 g/mol. The lowest BCUT2D eigenvalue weighted by molar-refractivity contribution is -0.151. The summed E-state index contributed by atoms with van der Waals surface area (Å²) in [6.07, 6.45) is 0. The minimum absolute atomic E-state index is 0.0683. The molecule has 1 rings (SSSR count). The Morgan fingerprint density at radius 1 is 1.27 bits per heavy atom. The van der Waals surface area contributed by atoms with Crippen molar-refractivity contribution in [1.82, 2.24) is 10.2 Å². The zero-order chi connectivity index (χ0) is 16.5. The highest BCUT2D eigenvalue weighted by atomic mass is 32.2. The van der Waals surface area contributed by atoms with Crippen LogP contribution in [0.1, 0.15) is 6.92 Å². The van der Waals surface area contributed by atoms with Crippen LogP contribution in [0, 0.1) is 0 Å². The second-order valence-electron chi connectivity index (χ2n) is 4.60. The molecule has 0 saturated carbocycles. The number of benzene rings is 1. The second kappa shape index (κ2) is 9.09. The fourth-order valence-electron chi connectivity index (χ4n) is 1.49. The van der Waals surface area contributed by atoms with Gasteiger partial charge in [0.15, 0.2) is 6.61 Å². The number of likely N-dealkylation sites (N-methyl/N-ethyl adjacent to an activating group) is 2. The van der Waals surface area contributed by atoms with Crippen molar-refractivity contribution < 1.29 is 19.1 Å². The normalized spacial score (nSPS) is 11.4.